The van der Waals surface area contributed by atoms with Crippen molar-refractivity contribution in [2.45, 2.75) is 58.4 Å². The highest BCUT2D eigenvalue weighted by atomic mass is 16.5. The molecule has 1 N–H and O–H groups in total. The van der Waals surface area contributed by atoms with Crippen LogP contribution in [0.5, 0.6) is 0 Å². The van der Waals surface area contributed by atoms with E-state index in [2.05, 4.69) is 19.2 Å². The molecule has 3 nitrogen and oxygen atoms in total. The molecule has 2 rings (SSSR count). The number of ether oxygens (including phenoxy) is 1. The van der Waals surface area contributed by atoms with Crippen LogP contribution in [0.3, 0.4) is 0 Å². The molecule has 2 saturated carbocycles. The average molecular weight is 225 g/mol. The Labute approximate surface area is 97.9 Å². The number of alkyl carbamates (subject to hydrolysis) is 1. The first kappa shape index (κ1) is 11.7. The summed E-state index contributed by atoms with van der Waals surface area (Å²) in [7, 11) is 0. The van der Waals surface area contributed by atoms with E-state index in [4.69, 9.17) is 4.74 Å². The Morgan fingerprint density at radius 2 is 1.94 bits per heavy atom. The predicted octanol–water partition coefficient (Wildman–Crippen LogP) is 3.09. The molecule has 92 valence electrons. The lowest BCUT2D eigenvalue weighted by Crippen LogP contribution is -2.45. The molecule has 0 radical (unpaired) electrons. The second-order valence-electron chi connectivity index (χ2n) is 5.82. The van der Waals surface area contributed by atoms with Crippen LogP contribution < -0.4 is 5.32 Å². The van der Waals surface area contributed by atoms with Gasteiger partial charge in [0, 0.05) is 5.54 Å². The van der Waals surface area contributed by atoms with Crippen molar-refractivity contribution >= 4 is 6.09 Å². The van der Waals surface area contributed by atoms with Crippen molar-refractivity contribution < 1.29 is 9.53 Å². The van der Waals surface area contributed by atoms with E-state index in [1.54, 1.807) is 0 Å². The quantitative estimate of drug-likeness (QED) is 0.801. The zero-order valence-electron chi connectivity index (χ0n) is 10.6. The molecule has 0 aromatic rings. The summed E-state index contributed by atoms with van der Waals surface area (Å²) in [5.74, 6) is 0.723. The molecule has 0 heterocycles. The maximum absolute atomic E-state index is 11.5. The first-order valence-electron chi connectivity index (χ1n) is 6.47. The minimum Gasteiger partial charge on any atom is -0.450 e. The standard InChI is InChI=1S/C13H23NO2/c1-4-16-11(15)14-13-7-5-12(9-13,6-8-13)10(2)3/h10H,4-9H2,1-3H3,(H,14,15). The maximum atomic E-state index is 11.5. The number of carbonyl (C=O) groups is 1. The molecule has 2 bridgehead atoms. The van der Waals surface area contributed by atoms with E-state index >= 15 is 0 Å². The first-order chi connectivity index (χ1) is 7.52. The molecule has 0 spiro atoms. The van der Waals surface area contributed by atoms with Gasteiger partial charge in [0.05, 0.1) is 6.61 Å². The van der Waals surface area contributed by atoms with Crippen LogP contribution in [-0.4, -0.2) is 18.2 Å². The van der Waals surface area contributed by atoms with Gasteiger partial charge < -0.3 is 10.1 Å². The lowest BCUT2D eigenvalue weighted by atomic mass is 9.75. The van der Waals surface area contributed by atoms with Crippen LogP contribution in [0.4, 0.5) is 4.79 Å². The molecule has 1 amide bonds. The number of rotatable bonds is 3. The zero-order valence-corrected chi connectivity index (χ0v) is 10.6. The highest BCUT2D eigenvalue weighted by Crippen LogP contribution is 2.59. The average Bonchev–Trinajstić information content (AvgIpc) is 2.74. The van der Waals surface area contributed by atoms with E-state index in [0.29, 0.717) is 12.0 Å². The van der Waals surface area contributed by atoms with Crippen molar-refractivity contribution in [2.24, 2.45) is 11.3 Å². The van der Waals surface area contributed by atoms with E-state index in [9.17, 15) is 4.79 Å². The van der Waals surface area contributed by atoms with E-state index < -0.39 is 0 Å². The van der Waals surface area contributed by atoms with Crippen molar-refractivity contribution in [3.63, 3.8) is 0 Å². The third-order valence-corrected chi connectivity index (χ3v) is 4.76. The summed E-state index contributed by atoms with van der Waals surface area (Å²) < 4.78 is 4.99. The number of hydrogen-bond acceptors (Lipinski definition) is 2. The Hall–Kier alpha value is -0.730. The summed E-state index contributed by atoms with van der Waals surface area (Å²) in [6, 6.07) is 0. The smallest absolute Gasteiger partial charge is 0.407 e. The monoisotopic (exact) mass is 225 g/mol. The number of amides is 1. The van der Waals surface area contributed by atoms with Crippen LogP contribution in [0.15, 0.2) is 0 Å². The third-order valence-electron chi connectivity index (χ3n) is 4.76. The predicted molar refractivity (Wildman–Crippen MR) is 63.2 cm³/mol. The molecule has 0 atom stereocenters. The summed E-state index contributed by atoms with van der Waals surface area (Å²) >= 11 is 0. The Morgan fingerprint density at radius 1 is 1.31 bits per heavy atom. The van der Waals surface area contributed by atoms with Gasteiger partial charge in [0.15, 0.2) is 0 Å². The van der Waals surface area contributed by atoms with Crippen molar-refractivity contribution in [2.75, 3.05) is 6.61 Å². The lowest BCUT2D eigenvalue weighted by molar-refractivity contribution is 0.138. The van der Waals surface area contributed by atoms with Crippen molar-refractivity contribution in [1.82, 2.24) is 5.32 Å². The number of nitrogens with one attached hydrogen (secondary N) is 1. The number of fused-ring (bicyclic) bond motifs is 2. The van der Waals surface area contributed by atoms with E-state index in [1.807, 2.05) is 6.92 Å². The van der Waals surface area contributed by atoms with Crippen molar-refractivity contribution in [3.8, 4) is 0 Å². The summed E-state index contributed by atoms with van der Waals surface area (Å²) in [5, 5.41) is 3.10. The molecule has 2 aliphatic carbocycles. The Bertz CT molecular complexity index is 278. The highest BCUT2D eigenvalue weighted by molar-refractivity contribution is 5.68. The van der Waals surface area contributed by atoms with E-state index in [1.165, 1.54) is 12.8 Å². The van der Waals surface area contributed by atoms with Crippen LogP contribution >= 0.6 is 0 Å². The maximum Gasteiger partial charge on any atom is 0.407 e. The zero-order chi connectivity index (χ0) is 11.8. The largest absolute Gasteiger partial charge is 0.450 e. The third kappa shape index (κ3) is 1.80. The minimum absolute atomic E-state index is 0.0521. The molecule has 16 heavy (non-hydrogen) atoms. The number of carbonyl (C=O) groups excluding carboxylic acids is 1. The van der Waals surface area contributed by atoms with Crippen molar-refractivity contribution in [3.05, 3.63) is 0 Å². The molecule has 2 aliphatic rings. The van der Waals surface area contributed by atoms with Crippen LogP contribution in [-0.2, 0) is 4.74 Å². The van der Waals surface area contributed by atoms with Gasteiger partial charge in [-0.05, 0) is 50.4 Å². The van der Waals surface area contributed by atoms with Crippen LogP contribution in [0, 0.1) is 11.3 Å². The van der Waals surface area contributed by atoms with Crippen molar-refractivity contribution in [1.29, 1.82) is 0 Å². The number of hydrogen-bond donors (Lipinski definition) is 1. The molecule has 0 aliphatic heterocycles. The second kappa shape index (κ2) is 3.94. The van der Waals surface area contributed by atoms with Gasteiger partial charge in [0.2, 0.25) is 0 Å². The Balaban J connectivity index is 2.00. The fourth-order valence-electron chi connectivity index (χ4n) is 3.59. The SMILES string of the molecule is CCOC(=O)NC12CCC(C(C)C)(CC1)C2. The minimum atomic E-state index is -0.232. The summed E-state index contributed by atoms with van der Waals surface area (Å²) in [6.07, 6.45) is 5.70. The normalized spacial score (nSPS) is 36.8. The van der Waals surface area contributed by atoms with Gasteiger partial charge in [0.1, 0.15) is 0 Å². The second-order valence-corrected chi connectivity index (χ2v) is 5.82. The molecular formula is C13H23NO2. The lowest BCUT2D eigenvalue weighted by Gasteiger charge is -2.30. The molecule has 0 unspecified atom stereocenters. The van der Waals surface area contributed by atoms with Gasteiger partial charge in [-0.15, -0.1) is 0 Å². The van der Waals surface area contributed by atoms with Gasteiger partial charge in [-0.25, -0.2) is 4.79 Å². The first-order valence-corrected chi connectivity index (χ1v) is 6.47. The van der Waals surface area contributed by atoms with Crippen LogP contribution in [0.25, 0.3) is 0 Å². The molecule has 0 aromatic heterocycles. The Kier molecular flexibility index (Phi) is 2.89. The van der Waals surface area contributed by atoms with E-state index in [-0.39, 0.29) is 11.6 Å². The van der Waals surface area contributed by atoms with Gasteiger partial charge in [-0.1, -0.05) is 13.8 Å². The fraction of sp³-hybridized carbons (Fsp3) is 0.923. The summed E-state index contributed by atoms with van der Waals surface area (Å²) in [4.78, 5) is 11.5. The summed E-state index contributed by atoms with van der Waals surface area (Å²) in [5.41, 5.74) is 0.538. The highest BCUT2D eigenvalue weighted by Gasteiger charge is 2.56. The van der Waals surface area contributed by atoms with Gasteiger partial charge >= 0.3 is 6.09 Å². The Morgan fingerprint density at radius 3 is 2.38 bits per heavy atom. The molecule has 2 fully saturated rings. The van der Waals surface area contributed by atoms with E-state index in [0.717, 1.165) is 25.2 Å². The molecule has 0 saturated heterocycles. The molecular weight excluding hydrogens is 202 g/mol. The fourth-order valence-corrected chi connectivity index (χ4v) is 3.59. The summed E-state index contributed by atoms with van der Waals surface area (Å²) in [6.45, 7) is 6.92. The van der Waals surface area contributed by atoms with Gasteiger partial charge in [0.25, 0.3) is 0 Å². The van der Waals surface area contributed by atoms with Gasteiger partial charge in [-0.3, -0.25) is 0 Å². The molecule has 3 heteroatoms. The topological polar surface area (TPSA) is 38.3 Å². The van der Waals surface area contributed by atoms with Crippen LogP contribution in [0.2, 0.25) is 0 Å². The van der Waals surface area contributed by atoms with Crippen LogP contribution in [0.1, 0.15) is 52.9 Å². The molecule has 0 aromatic carbocycles. The van der Waals surface area contributed by atoms with Gasteiger partial charge in [-0.2, -0.15) is 0 Å².